The summed E-state index contributed by atoms with van der Waals surface area (Å²) in [5.74, 6) is 0.303. The molecular weight excluding hydrogens is 278 g/mol. The molecule has 0 unspecified atom stereocenters. The molecule has 1 heterocycles. The fourth-order valence-corrected chi connectivity index (χ4v) is 4.70. The Balaban J connectivity index is 1.54. The number of amides is 1. The summed E-state index contributed by atoms with van der Waals surface area (Å²) < 4.78 is 5.44. The normalized spacial score (nSPS) is 34.8. The number of rotatable bonds is 4. The zero-order valence-corrected chi connectivity index (χ0v) is 12.8. The van der Waals surface area contributed by atoms with Crippen LogP contribution in [0.1, 0.15) is 25.3 Å². The molecule has 1 aliphatic heterocycles. The first-order valence-electron chi connectivity index (χ1n) is 8.22. The Morgan fingerprint density at radius 3 is 2.77 bits per heavy atom. The van der Waals surface area contributed by atoms with Gasteiger partial charge >= 0.3 is 5.97 Å². The van der Waals surface area contributed by atoms with Crippen molar-refractivity contribution in [1.82, 2.24) is 4.90 Å². The summed E-state index contributed by atoms with van der Waals surface area (Å²) in [6, 6.07) is 10.0. The molecule has 0 spiro atoms. The van der Waals surface area contributed by atoms with Gasteiger partial charge < -0.3 is 9.64 Å². The molecule has 22 heavy (non-hydrogen) atoms. The largest absolute Gasteiger partial charge is 0.462 e. The van der Waals surface area contributed by atoms with Gasteiger partial charge in [-0.1, -0.05) is 30.3 Å². The Labute approximate surface area is 130 Å². The molecule has 3 fully saturated rings. The fourth-order valence-electron chi connectivity index (χ4n) is 4.70. The molecule has 4 heteroatoms. The predicted octanol–water partition coefficient (Wildman–Crippen LogP) is 2.23. The van der Waals surface area contributed by atoms with Crippen molar-refractivity contribution in [2.45, 2.75) is 32.4 Å². The van der Waals surface area contributed by atoms with Gasteiger partial charge in [0.1, 0.15) is 6.10 Å². The van der Waals surface area contributed by atoms with E-state index in [-0.39, 0.29) is 29.8 Å². The van der Waals surface area contributed by atoms with Gasteiger partial charge in [-0.05, 0) is 31.2 Å². The summed E-state index contributed by atoms with van der Waals surface area (Å²) in [5, 5.41) is 0. The van der Waals surface area contributed by atoms with Crippen LogP contribution in [0.4, 0.5) is 0 Å². The summed E-state index contributed by atoms with van der Waals surface area (Å²) in [5.41, 5.74) is 1.13. The van der Waals surface area contributed by atoms with Gasteiger partial charge in [0.15, 0.2) is 0 Å². The molecule has 1 saturated heterocycles. The third-order valence-electron chi connectivity index (χ3n) is 5.68. The van der Waals surface area contributed by atoms with E-state index < -0.39 is 0 Å². The molecule has 4 rings (SSSR count). The minimum Gasteiger partial charge on any atom is -0.462 e. The fraction of sp³-hybridized carbons (Fsp3) is 0.556. The Hall–Kier alpha value is -1.84. The van der Waals surface area contributed by atoms with Crippen molar-refractivity contribution in [2.75, 3.05) is 6.54 Å². The maximum Gasteiger partial charge on any atom is 0.310 e. The van der Waals surface area contributed by atoms with Crippen LogP contribution in [0.15, 0.2) is 30.3 Å². The second-order valence-electron chi connectivity index (χ2n) is 6.76. The van der Waals surface area contributed by atoms with E-state index in [2.05, 4.69) is 0 Å². The second-order valence-corrected chi connectivity index (χ2v) is 6.76. The minimum atomic E-state index is -0.180. The quantitative estimate of drug-likeness (QED) is 0.801. The number of carbonyl (C=O) groups is 2. The summed E-state index contributed by atoms with van der Waals surface area (Å²) in [6.45, 7) is 3.30. The van der Waals surface area contributed by atoms with Gasteiger partial charge in [-0.25, -0.2) is 0 Å². The third kappa shape index (κ3) is 1.97. The monoisotopic (exact) mass is 299 g/mol. The van der Waals surface area contributed by atoms with Crippen molar-refractivity contribution in [1.29, 1.82) is 0 Å². The highest BCUT2D eigenvalue weighted by molar-refractivity contribution is 5.88. The lowest BCUT2D eigenvalue weighted by atomic mass is 9.79. The first-order chi connectivity index (χ1) is 10.7. The number of carbonyl (C=O) groups excluding carboxylic acids is 2. The number of esters is 1. The smallest absolute Gasteiger partial charge is 0.310 e. The molecular formula is C18H21NO3. The SMILES string of the molecule is CCN(Cc1ccccc1)C(=O)[C@H]1[C@@H]2C[C@@H]3[C@H]1C(=O)O[C@@H]3C2. The molecule has 2 saturated carbocycles. The molecule has 1 aromatic carbocycles. The molecule has 4 nitrogen and oxygen atoms in total. The van der Waals surface area contributed by atoms with E-state index >= 15 is 0 Å². The molecule has 0 aromatic heterocycles. The summed E-state index contributed by atoms with van der Waals surface area (Å²) >= 11 is 0. The van der Waals surface area contributed by atoms with E-state index in [9.17, 15) is 9.59 Å². The van der Waals surface area contributed by atoms with Crippen molar-refractivity contribution in [3.63, 3.8) is 0 Å². The van der Waals surface area contributed by atoms with Crippen LogP contribution in [0.5, 0.6) is 0 Å². The van der Waals surface area contributed by atoms with Crippen LogP contribution < -0.4 is 0 Å². The van der Waals surface area contributed by atoms with Crippen LogP contribution in [0.25, 0.3) is 0 Å². The number of hydrogen-bond acceptors (Lipinski definition) is 3. The van der Waals surface area contributed by atoms with Gasteiger partial charge in [-0.3, -0.25) is 9.59 Å². The van der Waals surface area contributed by atoms with Crippen LogP contribution in [-0.4, -0.2) is 29.4 Å². The van der Waals surface area contributed by atoms with Gasteiger partial charge in [0.25, 0.3) is 0 Å². The van der Waals surface area contributed by atoms with Crippen molar-refractivity contribution >= 4 is 11.9 Å². The zero-order chi connectivity index (χ0) is 15.3. The number of hydrogen-bond donors (Lipinski definition) is 0. The van der Waals surface area contributed by atoms with Crippen molar-refractivity contribution in [2.24, 2.45) is 23.7 Å². The lowest BCUT2D eigenvalue weighted by Crippen LogP contribution is -2.42. The van der Waals surface area contributed by atoms with Crippen LogP contribution in [0, 0.1) is 23.7 Å². The third-order valence-corrected chi connectivity index (χ3v) is 5.68. The van der Waals surface area contributed by atoms with E-state index in [1.807, 2.05) is 42.2 Å². The van der Waals surface area contributed by atoms with E-state index in [1.165, 1.54) is 0 Å². The van der Waals surface area contributed by atoms with E-state index in [1.54, 1.807) is 0 Å². The highest BCUT2D eigenvalue weighted by atomic mass is 16.6. The predicted molar refractivity (Wildman–Crippen MR) is 80.6 cm³/mol. The molecule has 5 atom stereocenters. The molecule has 3 aliphatic rings. The number of fused-ring (bicyclic) bond motifs is 1. The minimum absolute atomic E-state index is 0.0933. The van der Waals surface area contributed by atoms with Gasteiger partial charge in [0.2, 0.25) is 5.91 Å². The first kappa shape index (κ1) is 13.8. The van der Waals surface area contributed by atoms with Crippen LogP contribution in [0.2, 0.25) is 0 Å². The molecule has 2 bridgehead atoms. The summed E-state index contributed by atoms with van der Waals surface area (Å²) in [6.07, 6.45) is 1.96. The molecule has 1 amide bonds. The highest BCUT2D eigenvalue weighted by Gasteiger charge is 2.64. The van der Waals surface area contributed by atoms with Crippen LogP contribution in [0.3, 0.4) is 0 Å². The average molecular weight is 299 g/mol. The van der Waals surface area contributed by atoms with Crippen molar-refractivity contribution in [3.8, 4) is 0 Å². The van der Waals surface area contributed by atoms with E-state index in [0.717, 1.165) is 18.4 Å². The van der Waals surface area contributed by atoms with Crippen molar-refractivity contribution in [3.05, 3.63) is 35.9 Å². The van der Waals surface area contributed by atoms with E-state index in [4.69, 9.17) is 4.74 Å². The number of nitrogens with zero attached hydrogens (tertiary/aromatic N) is 1. The number of benzene rings is 1. The molecule has 2 aliphatic carbocycles. The first-order valence-corrected chi connectivity index (χ1v) is 8.22. The second kappa shape index (κ2) is 5.11. The lowest BCUT2D eigenvalue weighted by molar-refractivity contribution is -0.148. The Morgan fingerprint density at radius 1 is 1.27 bits per heavy atom. The van der Waals surface area contributed by atoms with Crippen LogP contribution in [-0.2, 0) is 20.9 Å². The summed E-state index contributed by atoms with van der Waals surface area (Å²) in [4.78, 5) is 27.0. The molecule has 116 valence electrons. The van der Waals surface area contributed by atoms with Gasteiger partial charge in [0, 0.05) is 19.0 Å². The lowest BCUT2D eigenvalue weighted by Gasteiger charge is -2.30. The van der Waals surface area contributed by atoms with Crippen LogP contribution >= 0.6 is 0 Å². The molecule has 0 radical (unpaired) electrons. The maximum absolute atomic E-state index is 13.0. The Bertz CT molecular complexity index is 598. The van der Waals surface area contributed by atoms with Gasteiger partial charge in [-0.15, -0.1) is 0 Å². The van der Waals surface area contributed by atoms with Gasteiger partial charge in [0.05, 0.1) is 11.8 Å². The van der Waals surface area contributed by atoms with Crippen molar-refractivity contribution < 1.29 is 14.3 Å². The Morgan fingerprint density at radius 2 is 2.05 bits per heavy atom. The maximum atomic E-state index is 13.0. The standard InChI is InChI=1S/C18H21NO3/c1-2-19(10-11-6-4-3-5-7-11)17(20)15-12-8-13-14(9-12)22-18(21)16(13)15/h3-7,12-16H,2,8-10H2,1H3/t12-,13+,14-,15+,16-/m1/s1. The molecule has 0 N–H and O–H groups in total. The average Bonchev–Trinajstić information content (AvgIpc) is 3.14. The highest BCUT2D eigenvalue weighted by Crippen LogP contribution is 2.58. The summed E-state index contributed by atoms with van der Waals surface area (Å²) in [7, 11) is 0. The topological polar surface area (TPSA) is 46.6 Å². The number of ether oxygens (including phenoxy) is 1. The van der Waals surface area contributed by atoms with E-state index in [0.29, 0.717) is 24.9 Å². The van der Waals surface area contributed by atoms with Gasteiger partial charge in [-0.2, -0.15) is 0 Å². The zero-order valence-electron chi connectivity index (χ0n) is 12.8. The molecule has 1 aromatic rings. The Kier molecular flexibility index (Phi) is 3.21.